The predicted octanol–water partition coefficient (Wildman–Crippen LogP) is 4.64. The number of amides is 1. The number of nitrogens with one attached hydrogen (secondary N) is 2. The highest BCUT2D eigenvalue weighted by Crippen LogP contribution is 2.29. The van der Waals surface area contributed by atoms with Gasteiger partial charge in [-0.15, -0.1) is 0 Å². The Hall–Kier alpha value is -4.07. The van der Waals surface area contributed by atoms with E-state index in [0.717, 1.165) is 22.6 Å². The Morgan fingerprint density at radius 3 is 2.34 bits per heavy atom. The van der Waals surface area contributed by atoms with Crippen molar-refractivity contribution < 1.29 is 19.2 Å². The van der Waals surface area contributed by atoms with E-state index in [9.17, 15) is 14.9 Å². The van der Waals surface area contributed by atoms with Crippen LogP contribution in [0.5, 0.6) is 11.5 Å². The first-order valence-corrected chi connectivity index (χ1v) is 10.0. The Labute approximate surface area is 186 Å². The number of anilines is 2. The minimum Gasteiger partial charge on any atom is -0.496 e. The third-order valence-corrected chi connectivity index (χ3v) is 4.95. The molecule has 3 rings (SSSR count). The number of rotatable bonds is 9. The second-order valence-corrected chi connectivity index (χ2v) is 7.19. The molecule has 1 atom stereocenters. The van der Waals surface area contributed by atoms with Gasteiger partial charge < -0.3 is 20.1 Å². The lowest BCUT2D eigenvalue weighted by atomic mass is 10.0. The van der Waals surface area contributed by atoms with Crippen LogP contribution in [0.3, 0.4) is 0 Å². The van der Waals surface area contributed by atoms with Gasteiger partial charge in [0.2, 0.25) is 5.91 Å². The van der Waals surface area contributed by atoms with Crippen molar-refractivity contribution in [1.82, 2.24) is 0 Å². The van der Waals surface area contributed by atoms with E-state index >= 15 is 0 Å². The molecule has 3 aromatic rings. The number of hydrogen-bond acceptors (Lipinski definition) is 6. The summed E-state index contributed by atoms with van der Waals surface area (Å²) in [6, 6.07) is 19.1. The van der Waals surface area contributed by atoms with Gasteiger partial charge in [0.1, 0.15) is 17.5 Å². The van der Waals surface area contributed by atoms with Gasteiger partial charge in [-0.1, -0.05) is 30.3 Å². The molecule has 8 nitrogen and oxygen atoms in total. The molecule has 166 valence electrons. The molecule has 0 heterocycles. The highest BCUT2D eigenvalue weighted by molar-refractivity contribution is 5.97. The number of methoxy groups -OCH3 is 2. The summed E-state index contributed by atoms with van der Waals surface area (Å²) in [5.41, 5.74) is 2.98. The van der Waals surface area contributed by atoms with Gasteiger partial charge >= 0.3 is 0 Å². The van der Waals surface area contributed by atoms with Crippen molar-refractivity contribution in [3.05, 3.63) is 88.0 Å². The fraction of sp³-hybridized carbons (Fsp3) is 0.208. The van der Waals surface area contributed by atoms with Crippen LogP contribution in [-0.2, 0) is 11.2 Å². The second-order valence-electron chi connectivity index (χ2n) is 7.19. The van der Waals surface area contributed by atoms with Crippen LogP contribution in [0.4, 0.5) is 17.1 Å². The lowest BCUT2D eigenvalue weighted by Gasteiger charge is -2.18. The zero-order chi connectivity index (χ0) is 23.1. The standard InChI is InChI=1S/C24H25N3O5/c1-16(24(28)26-21-15-20(27(29)30)10-12-23(21)32-3)25-19-9-11-22(31-2)18(14-19)13-17-7-5-4-6-8-17/h4-12,14-16,25H,13H2,1-3H3,(H,26,28). The normalized spacial score (nSPS) is 11.3. The van der Waals surface area contributed by atoms with E-state index in [0.29, 0.717) is 12.2 Å². The van der Waals surface area contributed by atoms with Crippen molar-refractivity contribution in [3.63, 3.8) is 0 Å². The number of benzene rings is 3. The summed E-state index contributed by atoms with van der Waals surface area (Å²) < 4.78 is 10.7. The summed E-state index contributed by atoms with van der Waals surface area (Å²) in [5.74, 6) is 0.743. The molecule has 0 aromatic heterocycles. The van der Waals surface area contributed by atoms with Gasteiger partial charge in [-0.2, -0.15) is 0 Å². The Morgan fingerprint density at radius 2 is 1.69 bits per heavy atom. The molecule has 32 heavy (non-hydrogen) atoms. The highest BCUT2D eigenvalue weighted by Gasteiger charge is 2.18. The van der Waals surface area contributed by atoms with Crippen LogP contribution in [0.1, 0.15) is 18.1 Å². The molecule has 2 N–H and O–H groups in total. The maximum Gasteiger partial charge on any atom is 0.271 e. The SMILES string of the molecule is COc1ccc(NC(C)C(=O)Nc2cc([N+](=O)[O-])ccc2OC)cc1Cc1ccccc1. The average molecular weight is 435 g/mol. The molecule has 8 heteroatoms. The summed E-state index contributed by atoms with van der Waals surface area (Å²) >= 11 is 0. The fourth-order valence-corrected chi connectivity index (χ4v) is 3.29. The van der Waals surface area contributed by atoms with E-state index in [-0.39, 0.29) is 17.3 Å². The van der Waals surface area contributed by atoms with Crippen molar-refractivity contribution >= 4 is 23.0 Å². The quantitative estimate of drug-likeness (QED) is 0.375. The van der Waals surface area contributed by atoms with Gasteiger partial charge in [0.15, 0.2) is 0 Å². The van der Waals surface area contributed by atoms with Crippen LogP contribution in [-0.4, -0.2) is 31.1 Å². The van der Waals surface area contributed by atoms with Crippen molar-refractivity contribution in [2.75, 3.05) is 24.9 Å². The van der Waals surface area contributed by atoms with E-state index in [1.165, 1.54) is 25.3 Å². The number of hydrogen-bond donors (Lipinski definition) is 2. The van der Waals surface area contributed by atoms with E-state index in [2.05, 4.69) is 10.6 Å². The molecule has 0 aliphatic rings. The first kappa shape index (κ1) is 22.6. The molecule has 0 aliphatic heterocycles. The largest absolute Gasteiger partial charge is 0.496 e. The molecule has 0 fully saturated rings. The molecular formula is C24H25N3O5. The molecule has 0 spiro atoms. The number of nitro groups is 1. The van der Waals surface area contributed by atoms with Crippen LogP contribution in [0, 0.1) is 10.1 Å². The molecule has 0 saturated carbocycles. The molecular weight excluding hydrogens is 410 g/mol. The fourth-order valence-electron chi connectivity index (χ4n) is 3.29. The smallest absolute Gasteiger partial charge is 0.271 e. The zero-order valence-electron chi connectivity index (χ0n) is 18.1. The zero-order valence-corrected chi connectivity index (χ0v) is 18.1. The molecule has 0 saturated heterocycles. The Balaban J connectivity index is 1.74. The van der Waals surface area contributed by atoms with Crippen LogP contribution >= 0.6 is 0 Å². The number of non-ortho nitro benzene ring substituents is 1. The van der Waals surface area contributed by atoms with E-state index in [1.807, 2.05) is 48.5 Å². The molecule has 0 bridgehead atoms. The first-order valence-electron chi connectivity index (χ1n) is 10.0. The molecule has 0 radical (unpaired) electrons. The second kappa shape index (κ2) is 10.3. The summed E-state index contributed by atoms with van der Waals surface area (Å²) in [6.07, 6.45) is 0.686. The van der Waals surface area contributed by atoms with E-state index < -0.39 is 11.0 Å². The lowest BCUT2D eigenvalue weighted by molar-refractivity contribution is -0.384. The summed E-state index contributed by atoms with van der Waals surface area (Å²) in [5, 5.41) is 16.9. The van der Waals surface area contributed by atoms with Gasteiger partial charge in [-0.3, -0.25) is 14.9 Å². The van der Waals surface area contributed by atoms with Crippen molar-refractivity contribution in [1.29, 1.82) is 0 Å². The van der Waals surface area contributed by atoms with Crippen molar-refractivity contribution in [2.24, 2.45) is 0 Å². The highest BCUT2D eigenvalue weighted by atomic mass is 16.6. The summed E-state index contributed by atoms with van der Waals surface area (Å²) in [4.78, 5) is 23.3. The number of nitrogens with zero attached hydrogens (tertiary/aromatic N) is 1. The van der Waals surface area contributed by atoms with Crippen LogP contribution in [0.2, 0.25) is 0 Å². The number of nitro benzene ring substituents is 1. The minimum absolute atomic E-state index is 0.137. The lowest BCUT2D eigenvalue weighted by Crippen LogP contribution is -2.32. The molecule has 1 amide bonds. The predicted molar refractivity (Wildman–Crippen MR) is 124 cm³/mol. The third-order valence-electron chi connectivity index (χ3n) is 4.95. The Bertz CT molecular complexity index is 1100. The average Bonchev–Trinajstić information content (AvgIpc) is 2.79. The van der Waals surface area contributed by atoms with Gasteiger partial charge in [-0.05, 0) is 36.8 Å². The molecule has 3 aromatic carbocycles. The third kappa shape index (κ3) is 5.54. The van der Waals surface area contributed by atoms with Gasteiger partial charge in [0.25, 0.3) is 5.69 Å². The van der Waals surface area contributed by atoms with Gasteiger partial charge in [0.05, 0.1) is 24.8 Å². The number of carbonyl (C=O) groups is 1. The maximum absolute atomic E-state index is 12.7. The Kier molecular flexibility index (Phi) is 7.28. The van der Waals surface area contributed by atoms with Gasteiger partial charge in [0, 0.05) is 29.8 Å². The van der Waals surface area contributed by atoms with Crippen LogP contribution in [0.25, 0.3) is 0 Å². The monoisotopic (exact) mass is 435 g/mol. The topological polar surface area (TPSA) is 103 Å². The van der Waals surface area contributed by atoms with Crippen LogP contribution < -0.4 is 20.1 Å². The summed E-state index contributed by atoms with van der Waals surface area (Å²) in [6.45, 7) is 1.71. The van der Waals surface area contributed by atoms with E-state index in [1.54, 1.807) is 14.0 Å². The number of ether oxygens (including phenoxy) is 2. The summed E-state index contributed by atoms with van der Waals surface area (Å²) in [7, 11) is 3.06. The minimum atomic E-state index is -0.614. The maximum atomic E-state index is 12.7. The first-order chi connectivity index (χ1) is 15.4. The van der Waals surface area contributed by atoms with E-state index in [4.69, 9.17) is 9.47 Å². The van der Waals surface area contributed by atoms with Gasteiger partial charge in [-0.25, -0.2) is 0 Å². The molecule has 1 unspecified atom stereocenters. The van der Waals surface area contributed by atoms with Crippen molar-refractivity contribution in [2.45, 2.75) is 19.4 Å². The van der Waals surface area contributed by atoms with Crippen molar-refractivity contribution in [3.8, 4) is 11.5 Å². The molecule has 0 aliphatic carbocycles. The Morgan fingerprint density at radius 1 is 1.00 bits per heavy atom. The van der Waals surface area contributed by atoms with Crippen LogP contribution in [0.15, 0.2) is 66.7 Å². The number of carbonyl (C=O) groups excluding carboxylic acids is 1.